The molecule has 2 N–H and O–H groups in total. The van der Waals surface area contributed by atoms with E-state index in [-0.39, 0.29) is 11.9 Å². The molecule has 0 fully saturated rings. The predicted molar refractivity (Wildman–Crippen MR) is 107 cm³/mol. The van der Waals surface area contributed by atoms with Crippen molar-refractivity contribution in [3.63, 3.8) is 0 Å². The van der Waals surface area contributed by atoms with E-state index in [1.165, 1.54) is 16.0 Å². The zero-order chi connectivity index (χ0) is 18.0. The maximum atomic E-state index is 12.6. The fourth-order valence-corrected chi connectivity index (χ4v) is 4.53. The quantitative estimate of drug-likeness (QED) is 0.693. The largest absolute Gasteiger partial charge is 0.341 e. The average Bonchev–Trinajstić information content (AvgIpc) is 3.24. The molecule has 132 valence electrons. The third-order valence-corrected chi connectivity index (χ3v) is 6.60. The van der Waals surface area contributed by atoms with Crippen LogP contribution in [0.1, 0.15) is 29.9 Å². The number of rotatable bonds is 6. The molecule has 2 aromatic heterocycles. The van der Waals surface area contributed by atoms with Crippen molar-refractivity contribution in [1.29, 1.82) is 0 Å². The number of thiophene rings is 1. The van der Waals surface area contributed by atoms with E-state index < -0.39 is 0 Å². The predicted octanol–water partition coefficient (Wildman–Crippen LogP) is 4.47. The van der Waals surface area contributed by atoms with E-state index >= 15 is 0 Å². The molecule has 25 heavy (non-hydrogen) atoms. The first-order chi connectivity index (χ1) is 12.0. The lowest BCUT2D eigenvalue weighted by Crippen LogP contribution is -2.34. The fraction of sp³-hybridized carbons (Fsp3) is 0.368. The van der Waals surface area contributed by atoms with E-state index in [0.29, 0.717) is 12.5 Å². The number of aromatic nitrogens is 1. The standard InChI is InChI=1S/C19H23N3OS2/c1-12(2)13(20)10-11-22(3)19(23)17-9-8-16(24-17)18-21-14-6-4-5-7-15(14)25-18/h4-9,12-13H,10-11,20H2,1-3H3. The normalized spacial score (nSPS) is 12.7. The zero-order valence-corrected chi connectivity index (χ0v) is 16.4. The van der Waals surface area contributed by atoms with Crippen molar-refractivity contribution in [2.24, 2.45) is 11.7 Å². The highest BCUT2D eigenvalue weighted by atomic mass is 32.1. The van der Waals surface area contributed by atoms with Gasteiger partial charge in [-0.15, -0.1) is 22.7 Å². The zero-order valence-electron chi connectivity index (χ0n) is 14.7. The first-order valence-corrected chi connectivity index (χ1v) is 10.1. The van der Waals surface area contributed by atoms with Crippen LogP contribution in [0.2, 0.25) is 0 Å². The van der Waals surface area contributed by atoms with Crippen LogP contribution >= 0.6 is 22.7 Å². The molecule has 6 heteroatoms. The van der Waals surface area contributed by atoms with Crippen molar-refractivity contribution in [3.8, 4) is 9.88 Å². The van der Waals surface area contributed by atoms with E-state index in [1.54, 1.807) is 16.2 Å². The monoisotopic (exact) mass is 373 g/mol. The Labute approximate surface area is 156 Å². The van der Waals surface area contributed by atoms with Crippen molar-refractivity contribution >= 4 is 38.8 Å². The van der Waals surface area contributed by atoms with Gasteiger partial charge in [-0.2, -0.15) is 0 Å². The number of carbonyl (C=O) groups is 1. The van der Waals surface area contributed by atoms with Gasteiger partial charge in [0.2, 0.25) is 0 Å². The molecule has 0 aliphatic rings. The number of thiazole rings is 1. The second kappa shape index (κ2) is 7.64. The number of amides is 1. The Morgan fingerprint density at radius 1 is 1.20 bits per heavy atom. The summed E-state index contributed by atoms with van der Waals surface area (Å²) in [6, 6.07) is 12.1. The van der Waals surface area contributed by atoms with E-state index in [2.05, 4.69) is 24.9 Å². The Morgan fingerprint density at radius 2 is 1.96 bits per heavy atom. The molecule has 0 aliphatic carbocycles. The molecule has 4 nitrogen and oxygen atoms in total. The molecular formula is C19H23N3OS2. The van der Waals surface area contributed by atoms with Crippen LogP contribution in [0.25, 0.3) is 20.1 Å². The van der Waals surface area contributed by atoms with Crippen LogP contribution in [0.15, 0.2) is 36.4 Å². The molecule has 0 saturated carbocycles. The second-order valence-electron chi connectivity index (χ2n) is 6.57. The smallest absolute Gasteiger partial charge is 0.263 e. The van der Waals surface area contributed by atoms with E-state index in [0.717, 1.165) is 26.7 Å². The van der Waals surface area contributed by atoms with Crippen LogP contribution in [0.3, 0.4) is 0 Å². The van der Waals surface area contributed by atoms with Gasteiger partial charge in [-0.1, -0.05) is 26.0 Å². The second-order valence-corrected chi connectivity index (χ2v) is 8.69. The van der Waals surface area contributed by atoms with Crippen molar-refractivity contribution in [2.45, 2.75) is 26.3 Å². The summed E-state index contributed by atoms with van der Waals surface area (Å²) in [7, 11) is 1.84. The Bertz CT molecular complexity index is 835. The van der Waals surface area contributed by atoms with Gasteiger partial charge in [0.25, 0.3) is 5.91 Å². The molecule has 1 atom stereocenters. The van der Waals surface area contributed by atoms with Gasteiger partial charge in [0.15, 0.2) is 0 Å². The molecule has 3 aromatic rings. The Hall–Kier alpha value is -1.76. The Balaban J connectivity index is 1.71. The summed E-state index contributed by atoms with van der Waals surface area (Å²) in [5.41, 5.74) is 7.08. The third-order valence-electron chi connectivity index (χ3n) is 4.32. The lowest BCUT2D eigenvalue weighted by Gasteiger charge is -2.21. The van der Waals surface area contributed by atoms with Crippen LogP contribution in [0.4, 0.5) is 0 Å². The molecule has 0 bridgehead atoms. The summed E-state index contributed by atoms with van der Waals surface area (Å²) in [6.45, 7) is 4.89. The van der Waals surface area contributed by atoms with E-state index in [4.69, 9.17) is 5.73 Å². The molecule has 2 heterocycles. The Morgan fingerprint density at radius 3 is 2.68 bits per heavy atom. The van der Waals surface area contributed by atoms with Crippen LogP contribution in [-0.2, 0) is 0 Å². The minimum Gasteiger partial charge on any atom is -0.341 e. The number of hydrogen-bond acceptors (Lipinski definition) is 5. The van der Waals surface area contributed by atoms with Gasteiger partial charge in [-0.3, -0.25) is 4.79 Å². The fourth-order valence-electron chi connectivity index (χ4n) is 2.51. The lowest BCUT2D eigenvalue weighted by molar-refractivity contribution is 0.0794. The summed E-state index contributed by atoms with van der Waals surface area (Å²) >= 11 is 3.16. The van der Waals surface area contributed by atoms with Gasteiger partial charge in [0, 0.05) is 19.6 Å². The third kappa shape index (κ3) is 4.08. The average molecular weight is 374 g/mol. The SMILES string of the molecule is CC(C)C(N)CCN(C)C(=O)c1ccc(-c2nc3ccccc3s2)s1. The highest BCUT2D eigenvalue weighted by molar-refractivity contribution is 7.26. The van der Waals surface area contributed by atoms with Gasteiger partial charge in [0.05, 0.1) is 20.0 Å². The van der Waals surface area contributed by atoms with Gasteiger partial charge in [0.1, 0.15) is 5.01 Å². The number of para-hydroxylation sites is 1. The maximum absolute atomic E-state index is 12.6. The van der Waals surface area contributed by atoms with Crippen molar-refractivity contribution in [3.05, 3.63) is 41.3 Å². The molecule has 0 aliphatic heterocycles. The van der Waals surface area contributed by atoms with Crippen LogP contribution in [0, 0.1) is 5.92 Å². The molecule has 0 saturated heterocycles. The minimum atomic E-state index is 0.0494. The minimum absolute atomic E-state index is 0.0494. The van der Waals surface area contributed by atoms with Crippen LogP contribution in [-0.4, -0.2) is 35.4 Å². The molecular weight excluding hydrogens is 350 g/mol. The van der Waals surface area contributed by atoms with Crippen LogP contribution in [0.5, 0.6) is 0 Å². The number of hydrogen-bond donors (Lipinski definition) is 1. The number of fused-ring (bicyclic) bond motifs is 1. The summed E-state index contributed by atoms with van der Waals surface area (Å²) in [5, 5.41) is 0.967. The summed E-state index contributed by atoms with van der Waals surface area (Å²) in [6.07, 6.45) is 0.815. The first-order valence-electron chi connectivity index (χ1n) is 8.42. The van der Waals surface area contributed by atoms with Gasteiger partial charge >= 0.3 is 0 Å². The number of nitrogens with two attached hydrogens (primary N) is 1. The molecule has 0 radical (unpaired) electrons. The number of benzene rings is 1. The maximum Gasteiger partial charge on any atom is 0.263 e. The highest BCUT2D eigenvalue weighted by Crippen LogP contribution is 2.34. The Kier molecular flexibility index (Phi) is 5.51. The van der Waals surface area contributed by atoms with E-state index in [1.807, 2.05) is 37.4 Å². The van der Waals surface area contributed by atoms with Crippen LogP contribution < -0.4 is 5.73 Å². The number of nitrogens with zero attached hydrogens (tertiary/aromatic N) is 2. The molecule has 0 spiro atoms. The summed E-state index contributed by atoms with van der Waals surface area (Å²) < 4.78 is 1.17. The molecule has 3 rings (SSSR count). The molecule has 1 aromatic carbocycles. The lowest BCUT2D eigenvalue weighted by atomic mass is 10.0. The highest BCUT2D eigenvalue weighted by Gasteiger charge is 2.17. The first kappa shape index (κ1) is 18.0. The van der Waals surface area contributed by atoms with E-state index in [9.17, 15) is 4.79 Å². The summed E-state index contributed by atoms with van der Waals surface area (Å²) in [4.78, 5) is 20.8. The van der Waals surface area contributed by atoms with Gasteiger partial charge in [-0.05, 0) is 36.6 Å². The molecule has 1 amide bonds. The van der Waals surface area contributed by atoms with Crippen molar-refractivity contribution < 1.29 is 4.79 Å². The van der Waals surface area contributed by atoms with Gasteiger partial charge in [-0.25, -0.2) is 4.98 Å². The summed E-state index contributed by atoms with van der Waals surface area (Å²) in [5.74, 6) is 0.476. The van der Waals surface area contributed by atoms with Crippen molar-refractivity contribution in [2.75, 3.05) is 13.6 Å². The van der Waals surface area contributed by atoms with Crippen molar-refractivity contribution in [1.82, 2.24) is 9.88 Å². The molecule has 1 unspecified atom stereocenters. The topological polar surface area (TPSA) is 59.2 Å². The number of carbonyl (C=O) groups excluding carboxylic acids is 1. The van der Waals surface area contributed by atoms with Gasteiger partial charge < -0.3 is 10.6 Å².